The molecule has 4 aromatic heterocycles. The Labute approximate surface area is 253 Å². The van der Waals surface area contributed by atoms with Crippen LogP contribution in [-0.2, 0) is 0 Å². The maximum Gasteiger partial charge on any atom is 0.236 e. The van der Waals surface area contributed by atoms with Crippen LogP contribution in [0.3, 0.4) is 0 Å². The molecular weight excluding hydrogens is 563 g/mol. The van der Waals surface area contributed by atoms with Crippen molar-refractivity contribution in [2.45, 2.75) is 0 Å². The second kappa shape index (κ2) is 8.71. The number of hydrogen-bond donors (Lipinski definition) is 0. The molecule has 0 amide bonds. The van der Waals surface area contributed by atoms with Gasteiger partial charge in [0, 0.05) is 62.8 Å². The molecule has 4 heterocycles. The van der Waals surface area contributed by atoms with Gasteiger partial charge in [0.1, 0.15) is 4.83 Å². The highest BCUT2D eigenvalue weighted by Gasteiger charge is 2.24. The average Bonchev–Trinajstić information content (AvgIpc) is 3.74. The molecule has 0 saturated carbocycles. The first-order chi connectivity index (χ1) is 21.3. The summed E-state index contributed by atoms with van der Waals surface area (Å²) >= 11 is 3.62. The third kappa shape index (κ3) is 3.18. The van der Waals surface area contributed by atoms with Crippen LogP contribution in [0.25, 0.3) is 90.3 Å². The first-order valence-corrected chi connectivity index (χ1v) is 16.0. The number of benzene rings is 6. The first kappa shape index (κ1) is 23.5. The molecule has 200 valence electrons. The van der Waals surface area contributed by atoms with Crippen LogP contribution < -0.4 is 0 Å². The quantitative estimate of drug-likeness (QED) is 0.203. The van der Waals surface area contributed by atoms with E-state index in [9.17, 15) is 0 Å². The number of nitrogens with zero attached hydrogens (tertiary/aromatic N) is 3. The van der Waals surface area contributed by atoms with Gasteiger partial charge in [-0.05, 0) is 18.2 Å². The fourth-order valence-electron chi connectivity index (χ4n) is 6.84. The molecule has 0 atom stereocenters. The Balaban J connectivity index is 1.45. The molecule has 0 saturated heterocycles. The van der Waals surface area contributed by atoms with Gasteiger partial charge in [-0.25, -0.2) is 9.97 Å². The van der Waals surface area contributed by atoms with Crippen molar-refractivity contribution in [3.63, 3.8) is 0 Å². The van der Waals surface area contributed by atoms with Crippen LogP contribution in [0.15, 0.2) is 127 Å². The van der Waals surface area contributed by atoms with Crippen LogP contribution in [0.1, 0.15) is 0 Å². The van der Waals surface area contributed by atoms with Crippen LogP contribution in [0, 0.1) is 0 Å². The molecule has 0 N–H and O–H groups in total. The predicted molar refractivity (Wildman–Crippen MR) is 185 cm³/mol. The predicted octanol–water partition coefficient (Wildman–Crippen LogP) is 11.1. The van der Waals surface area contributed by atoms with Crippen LogP contribution in [-0.4, -0.2) is 14.5 Å². The van der Waals surface area contributed by atoms with Crippen molar-refractivity contribution in [1.82, 2.24) is 14.5 Å². The molecule has 5 heteroatoms. The summed E-state index contributed by atoms with van der Waals surface area (Å²) in [7, 11) is 0. The zero-order chi connectivity index (χ0) is 28.1. The molecule has 0 aliphatic heterocycles. The van der Waals surface area contributed by atoms with E-state index in [4.69, 9.17) is 9.97 Å². The smallest absolute Gasteiger partial charge is 0.236 e. The van der Waals surface area contributed by atoms with E-state index in [1.54, 1.807) is 11.3 Å². The molecule has 0 unspecified atom stereocenters. The van der Waals surface area contributed by atoms with Gasteiger partial charge in [-0.2, -0.15) is 0 Å². The zero-order valence-electron chi connectivity index (χ0n) is 22.8. The normalized spacial score (nSPS) is 12.2. The Kier molecular flexibility index (Phi) is 4.75. The summed E-state index contributed by atoms with van der Waals surface area (Å²) in [5.41, 5.74) is 4.34. The SMILES string of the molecule is c1ccc(-c2nc(-n3c4ccccc4c4c5c6ccccc6sc5c5ccccc5c43)nc3sc4ccccc4c23)cc1. The van der Waals surface area contributed by atoms with Crippen LogP contribution in [0.2, 0.25) is 0 Å². The van der Waals surface area contributed by atoms with Gasteiger partial charge in [0.25, 0.3) is 0 Å². The van der Waals surface area contributed by atoms with Crippen molar-refractivity contribution < 1.29 is 0 Å². The number of aromatic nitrogens is 3. The van der Waals surface area contributed by atoms with Crippen molar-refractivity contribution in [1.29, 1.82) is 0 Å². The van der Waals surface area contributed by atoms with Crippen molar-refractivity contribution in [3.8, 4) is 17.2 Å². The highest BCUT2D eigenvalue weighted by Crippen LogP contribution is 2.48. The summed E-state index contributed by atoms with van der Waals surface area (Å²) in [5, 5.41) is 9.90. The topological polar surface area (TPSA) is 30.7 Å². The molecule has 0 spiro atoms. The molecule has 0 aliphatic rings. The fourth-order valence-corrected chi connectivity index (χ4v) is 9.16. The second-order valence-electron chi connectivity index (χ2n) is 10.9. The molecule has 0 aliphatic carbocycles. The minimum absolute atomic E-state index is 0.702. The lowest BCUT2D eigenvalue weighted by Gasteiger charge is -2.12. The van der Waals surface area contributed by atoms with E-state index in [2.05, 4.69) is 132 Å². The Morgan fingerprint density at radius 3 is 1.86 bits per heavy atom. The third-order valence-corrected chi connectivity index (χ3v) is 10.9. The van der Waals surface area contributed by atoms with Gasteiger partial charge in [-0.15, -0.1) is 22.7 Å². The minimum Gasteiger partial charge on any atom is -0.277 e. The molecule has 6 aromatic carbocycles. The Morgan fingerprint density at radius 1 is 0.465 bits per heavy atom. The number of para-hydroxylation sites is 1. The lowest BCUT2D eigenvalue weighted by atomic mass is 10.00. The van der Waals surface area contributed by atoms with Gasteiger partial charge >= 0.3 is 0 Å². The molecule has 10 rings (SSSR count). The number of rotatable bonds is 2. The molecule has 0 radical (unpaired) electrons. The van der Waals surface area contributed by atoms with Gasteiger partial charge in [0.15, 0.2) is 0 Å². The number of hydrogen-bond acceptors (Lipinski definition) is 4. The standard InChI is InChI=1S/C38H21N3S2/c1-2-12-22(13-3-1)34-33-27-18-8-11-21-30(27)43-37(33)40-38(39-34)41-28-19-9-6-16-25(28)31-32-26-17-7-10-20-29(26)42-36(32)24-15-5-4-14-23(24)35(31)41/h1-21H. The van der Waals surface area contributed by atoms with E-state index in [1.165, 1.54) is 51.8 Å². The molecule has 10 aromatic rings. The fraction of sp³-hybridized carbons (Fsp3) is 0. The van der Waals surface area contributed by atoms with Crippen LogP contribution in [0.4, 0.5) is 0 Å². The summed E-state index contributed by atoms with van der Waals surface area (Å²) in [5.74, 6) is 0.702. The van der Waals surface area contributed by atoms with E-state index in [0.29, 0.717) is 5.95 Å². The van der Waals surface area contributed by atoms with Crippen molar-refractivity contribution in [2.24, 2.45) is 0 Å². The minimum atomic E-state index is 0.702. The first-order valence-electron chi connectivity index (χ1n) is 14.4. The lowest BCUT2D eigenvalue weighted by Crippen LogP contribution is -2.03. The van der Waals surface area contributed by atoms with Crippen molar-refractivity contribution in [2.75, 3.05) is 0 Å². The van der Waals surface area contributed by atoms with Gasteiger partial charge in [-0.3, -0.25) is 4.57 Å². The summed E-state index contributed by atoms with van der Waals surface area (Å²) in [4.78, 5) is 11.8. The summed E-state index contributed by atoms with van der Waals surface area (Å²) < 4.78 is 6.18. The molecule has 0 bridgehead atoms. The largest absolute Gasteiger partial charge is 0.277 e. The Hall–Kier alpha value is -5.10. The molecular formula is C38H21N3S2. The molecule has 3 nitrogen and oxygen atoms in total. The highest BCUT2D eigenvalue weighted by molar-refractivity contribution is 7.27. The number of fused-ring (bicyclic) bond motifs is 13. The maximum absolute atomic E-state index is 5.43. The second-order valence-corrected chi connectivity index (χ2v) is 13.0. The third-order valence-electron chi connectivity index (χ3n) is 8.62. The van der Waals surface area contributed by atoms with E-state index >= 15 is 0 Å². The zero-order valence-corrected chi connectivity index (χ0v) is 24.4. The Bertz CT molecular complexity index is 2730. The van der Waals surface area contributed by atoms with Crippen LogP contribution in [0.5, 0.6) is 0 Å². The van der Waals surface area contributed by atoms with Gasteiger partial charge < -0.3 is 0 Å². The summed E-state index contributed by atoms with van der Waals surface area (Å²) in [6.45, 7) is 0. The van der Waals surface area contributed by atoms with E-state index < -0.39 is 0 Å². The molecule has 43 heavy (non-hydrogen) atoms. The van der Waals surface area contributed by atoms with E-state index in [1.807, 2.05) is 11.3 Å². The van der Waals surface area contributed by atoms with Gasteiger partial charge in [-0.1, -0.05) is 109 Å². The molecule has 0 fully saturated rings. The van der Waals surface area contributed by atoms with Crippen molar-refractivity contribution >= 4 is 95.7 Å². The maximum atomic E-state index is 5.43. The Morgan fingerprint density at radius 2 is 1.07 bits per heavy atom. The van der Waals surface area contributed by atoms with Gasteiger partial charge in [0.2, 0.25) is 5.95 Å². The summed E-state index contributed by atoms with van der Waals surface area (Å²) in [6, 6.07) is 45.5. The van der Waals surface area contributed by atoms with E-state index in [0.717, 1.165) is 32.5 Å². The van der Waals surface area contributed by atoms with E-state index in [-0.39, 0.29) is 0 Å². The number of thiophene rings is 2. The summed E-state index contributed by atoms with van der Waals surface area (Å²) in [6.07, 6.45) is 0. The van der Waals surface area contributed by atoms with Crippen molar-refractivity contribution in [3.05, 3.63) is 127 Å². The monoisotopic (exact) mass is 583 g/mol. The lowest BCUT2D eigenvalue weighted by molar-refractivity contribution is 1.02. The highest BCUT2D eigenvalue weighted by atomic mass is 32.1. The average molecular weight is 584 g/mol. The van der Waals surface area contributed by atoms with Crippen LogP contribution >= 0.6 is 22.7 Å². The van der Waals surface area contributed by atoms with Gasteiger partial charge in [0.05, 0.1) is 16.7 Å².